The van der Waals surface area contributed by atoms with Crippen molar-refractivity contribution in [2.24, 2.45) is 0 Å². The van der Waals surface area contributed by atoms with Crippen LogP contribution in [0.15, 0.2) is 48.7 Å². The first kappa shape index (κ1) is 21.2. The van der Waals surface area contributed by atoms with Crippen molar-refractivity contribution in [3.8, 4) is 22.6 Å². The highest BCUT2D eigenvalue weighted by atomic mass is 16.7. The minimum atomic E-state index is -0.447. The number of amides is 1. The molecule has 170 valence electrons. The number of rotatable bonds is 6. The van der Waals surface area contributed by atoms with Gasteiger partial charge in [0.1, 0.15) is 5.78 Å². The van der Waals surface area contributed by atoms with E-state index in [1.165, 1.54) is 0 Å². The molecule has 3 aromatic rings. The van der Waals surface area contributed by atoms with Gasteiger partial charge >= 0.3 is 0 Å². The minimum Gasteiger partial charge on any atom is -0.454 e. The van der Waals surface area contributed by atoms with Crippen LogP contribution in [0.2, 0.25) is 0 Å². The molecule has 1 aliphatic heterocycles. The van der Waals surface area contributed by atoms with Crippen LogP contribution in [0.3, 0.4) is 0 Å². The minimum absolute atomic E-state index is 0. The average Bonchev–Trinajstić information content (AvgIpc) is 3.52. The van der Waals surface area contributed by atoms with Gasteiger partial charge in [-0.25, -0.2) is 0 Å². The van der Waals surface area contributed by atoms with Gasteiger partial charge in [-0.2, -0.15) is 0 Å². The van der Waals surface area contributed by atoms with Crippen LogP contribution in [0.25, 0.3) is 11.1 Å². The topological polar surface area (TPSA) is 77.5 Å². The Bertz CT molecular complexity index is 1270. The van der Waals surface area contributed by atoms with Crippen molar-refractivity contribution < 1.29 is 20.5 Å². The molecule has 0 saturated heterocycles. The highest BCUT2D eigenvalue weighted by Gasteiger charge is 2.51. The molecule has 2 aliphatic rings. The summed E-state index contributed by atoms with van der Waals surface area (Å²) in [5, 5.41) is 2.63. The summed E-state index contributed by atoms with van der Waals surface area (Å²) in [7, 11) is 1.62. The second-order valence-corrected chi connectivity index (χ2v) is 8.78. The van der Waals surface area contributed by atoms with Gasteiger partial charge in [-0.15, -0.1) is 0 Å². The number of aromatic nitrogens is 1. The molecule has 1 fully saturated rings. The lowest BCUT2D eigenvalue weighted by atomic mass is 9.87. The van der Waals surface area contributed by atoms with E-state index in [1.807, 2.05) is 55.6 Å². The van der Waals surface area contributed by atoms with E-state index in [9.17, 15) is 9.59 Å². The molecule has 1 N–H and O–H groups in total. The molecule has 6 nitrogen and oxygen atoms in total. The van der Waals surface area contributed by atoms with Crippen LogP contribution in [0.4, 0.5) is 0 Å². The van der Waals surface area contributed by atoms with E-state index in [-0.39, 0.29) is 19.9 Å². The Hall–Kier alpha value is -3.67. The molecule has 0 atom stereocenters. The van der Waals surface area contributed by atoms with Gasteiger partial charge in [-0.3, -0.25) is 14.6 Å². The number of benzene rings is 2. The van der Waals surface area contributed by atoms with E-state index in [0.717, 1.165) is 52.1 Å². The maximum Gasteiger partial charge on any atom is 0.251 e. The van der Waals surface area contributed by atoms with Crippen LogP contribution >= 0.6 is 0 Å². The van der Waals surface area contributed by atoms with Gasteiger partial charge < -0.3 is 14.8 Å². The Kier molecular flexibility index (Phi) is 5.16. The standard InChI is InChI=1S/C27H26N2O4.H2/c1-16-17(2)22(29-14-21(16)18-4-6-19(7-5-18)26(31)28-3)13-25(30)27(10-11-27)20-8-9-23-24(12-20)33-15-32-23;/h4-9,12,14H,10-11,13,15H2,1-3H3,(H,28,31);1H. The first-order valence-electron chi connectivity index (χ1n) is 11.1. The van der Waals surface area contributed by atoms with Gasteiger partial charge in [-0.05, 0) is 73.2 Å². The molecule has 0 bridgehead atoms. The fourth-order valence-electron chi connectivity index (χ4n) is 4.54. The zero-order valence-electron chi connectivity index (χ0n) is 19.0. The van der Waals surface area contributed by atoms with Crippen molar-refractivity contribution in [2.45, 2.75) is 38.5 Å². The van der Waals surface area contributed by atoms with Crippen LogP contribution in [0.1, 0.15) is 47.0 Å². The molecule has 2 heterocycles. The third-order valence-corrected chi connectivity index (χ3v) is 6.97. The summed E-state index contributed by atoms with van der Waals surface area (Å²) in [6, 6.07) is 13.3. The molecular formula is C27H28N2O4. The highest BCUT2D eigenvalue weighted by molar-refractivity contribution is 5.95. The lowest BCUT2D eigenvalue weighted by molar-refractivity contribution is -0.120. The van der Waals surface area contributed by atoms with Gasteiger partial charge in [0.05, 0.1) is 11.1 Å². The Morgan fingerprint density at radius 3 is 2.45 bits per heavy atom. The maximum absolute atomic E-state index is 13.4. The van der Waals surface area contributed by atoms with Crippen molar-refractivity contribution in [2.75, 3.05) is 13.8 Å². The molecule has 1 amide bonds. The summed E-state index contributed by atoms with van der Waals surface area (Å²) in [4.78, 5) is 29.9. The smallest absolute Gasteiger partial charge is 0.251 e. The van der Waals surface area contributed by atoms with E-state index in [2.05, 4.69) is 17.2 Å². The second kappa shape index (κ2) is 8.03. The first-order valence-corrected chi connectivity index (χ1v) is 11.1. The van der Waals surface area contributed by atoms with Gasteiger partial charge in [0, 0.05) is 32.2 Å². The van der Waals surface area contributed by atoms with Crippen LogP contribution in [-0.4, -0.2) is 30.5 Å². The van der Waals surface area contributed by atoms with Gasteiger partial charge in [0.25, 0.3) is 5.91 Å². The average molecular weight is 445 g/mol. The zero-order chi connectivity index (χ0) is 23.2. The Balaban J connectivity index is 0.00000274. The number of hydrogen-bond acceptors (Lipinski definition) is 5. The molecule has 5 rings (SSSR count). The second-order valence-electron chi connectivity index (χ2n) is 8.78. The number of nitrogens with one attached hydrogen (secondary N) is 1. The van der Waals surface area contributed by atoms with Crippen molar-refractivity contribution >= 4 is 11.7 Å². The summed E-state index contributed by atoms with van der Waals surface area (Å²) < 4.78 is 10.9. The SMILES string of the molecule is CNC(=O)c1ccc(-c2cnc(CC(=O)C3(c4ccc5c(c4)OCO5)CC3)c(C)c2C)cc1.[HH]. The predicted molar refractivity (Wildman–Crippen MR) is 127 cm³/mol. The van der Waals surface area contributed by atoms with Crippen molar-refractivity contribution in [3.05, 3.63) is 76.6 Å². The molecule has 1 saturated carbocycles. The monoisotopic (exact) mass is 444 g/mol. The first-order chi connectivity index (χ1) is 15.9. The molecule has 1 aliphatic carbocycles. The van der Waals surface area contributed by atoms with E-state index in [0.29, 0.717) is 17.7 Å². The normalized spacial score (nSPS) is 15.2. The number of ether oxygens (including phenoxy) is 2. The number of hydrogen-bond donors (Lipinski definition) is 1. The zero-order valence-corrected chi connectivity index (χ0v) is 19.0. The Morgan fingerprint density at radius 1 is 1.03 bits per heavy atom. The van der Waals surface area contributed by atoms with Crippen LogP contribution in [-0.2, 0) is 16.6 Å². The van der Waals surface area contributed by atoms with Crippen molar-refractivity contribution in [1.29, 1.82) is 0 Å². The maximum atomic E-state index is 13.4. The fourth-order valence-corrected chi connectivity index (χ4v) is 4.54. The number of ketones is 1. The molecule has 2 aromatic carbocycles. The van der Waals surface area contributed by atoms with Crippen LogP contribution < -0.4 is 14.8 Å². The third kappa shape index (κ3) is 3.65. The lowest BCUT2D eigenvalue weighted by Crippen LogP contribution is -2.23. The van der Waals surface area contributed by atoms with Gasteiger partial charge in [-0.1, -0.05) is 18.2 Å². The van der Waals surface area contributed by atoms with Crippen molar-refractivity contribution in [3.63, 3.8) is 0 Å². The Morgan fingerprint density at radius 2 is 1.76 bits per heavy atom. The molecule has 1 aromatic heterocycles. The van der Waals surface area contributed by atoms with E-state index in [1.54, 1.807) is 7.05 Å². The van der Waals surface area contributed by atoms with Gasteiger partial charge in [0.15, 0.2) is 11.5 Å². The Labute approximate surface area is 194 Å². The molecule has 6 heteroatoms. The van der Waals surface area contributed by atoms with Crippen LogP contribution in [0, 0.1) is 13.8 Å². The summed E-state index contributed by atoms with van der Waals surface area (Å²) in [6.45, 7) is 4.30. The molecule has 0 spiro atoms. The molecule has 0 radical (unpaired) electrons. The van der Waals surface area contributed by atoms with Crippen LogP contribution in [0.5, 0.6) is 11.5 Å². The van der Waals surface area contributed by atoms with Crippen molar-refractivity contribution in [1.82, 2.24) is 10.3 Å². The van der Waals surface area contributed by atoms with Gasteiger partial charge in [0.2, 0.25) is 6.79 Å². The number of Topliss-reactive ketones (excluding diaryl/α,β-unsaturated/α-hetero) is 1. The number of fused-ring (bicyclic) bond motifs is 1. The highest BCUT2D eigenvalue weighted by Crippen LogP contribution is 2.51. The predicted octanol–water partition coefficient (Wildman–Crippen LogP) is 4.54. The summed E-state index contributed by atoms with van der Waals surface area (Å²) in [6.07, 6.45) is 3.83. The number of pyridine rings is 1. The summed E-state index contributed by atoms with van der Waals surface area (Å²) in [5.41, 5.74) is 6.10. The molecular weight excluding hydrogens is 416 g/mol. The number of carbonyl (C=O) groups excluding carboxylic acids is 2. The lowest BCUT2D eigenvalue weighted by Gasteiger charge is -2.17. The third-order valence-electron chi connectivity index (χ3n) is 6.97. The van der Waals surface area contributed by atoms with E-state index < -0.39 is 5.41 Å². The van der Waals surface area contributed by atoms with E-state index >= 15 is 0 Å². The number of nitrogens with zero attached hydrogens (tertiary/aromatic N) is 1. The fraction of sp³-hybridized carbons (Fsp3) is 0.296. The summed E-state index contributed by atoms with van der Waals surface area (Å²) in [5.74, 6) is 1.52. The molecule has 0 unspecified atom stereocenters. The van der Waals surface area contributed by atoms with E-state index in [4.69, 9.17) is 9.47 Å². The summed E-state index contributed by atoms with van der Waals surface area (Å²) >= 11 is 0. The quantitative estimate of drug-likeness (QED) is 0.604. The molecule has 33 heavy (non-hydrogen) atoms. The largest absolute Gasteiger partial charge is 0.454 e. The number of carbonyl (C=O) groups is 2.